The zero-order valence-electron chi connectivity index (χ0n) is 6.93. The molecule has 12 heavy (non-hydrogen) atoms. The maximum absolute atomic E-state index is 12.6. The van der Waals surface area contributed by atoms with Crippen molar-refractivity contribution in [3.05, 3.63) is 11.8 Å². The number of hydrogen-bond donors (Lipinski definition) is 1. The number of rotatable bonds is 2. The summed E-state index contributed by atoms with van der Waals surface area (Å²) in [6, 6.07) is 0. The van der Waals surface area contributed by atoms with E-state index in [0.29, 0.717) is 17.2 Å². The first-order valence-electron chi connectivity index (χ1n) is 3.37. The van der Waals surface area contributed by atoms with Crippen LogP contribution >= 0.6 is 0 Å². The lowest BCUT2D eigenvalue weighted by Gasteiger charge is -2.04. The Hall–Kier alpha value is -1.52. The van der Waals surface area contributed by atoms with Crippen molar-refractivity contribution in [3.8, 4) is 0 Å². The Morgan fingerprint density at radius 1 is 1.50 bits per heavy atom. The van der Waals surface area contributed by atoms with E-state index >= 15 is 0 Å². The topological polar surface area (TPSA) is 50.2 Å². The smallest absolute Gasteiger partial charge is 0.310 e. The number of hydrogen-bond acceptors (Lipinski definition) is 4. The molecule has 0 amide bonds. The van der Waals surface area contributed by atoms with Crippen molar-refractivity contribution in [2.24, 2.45) is 4.99 Å². The van der Waals surface area contributed by atoms with E-state index in [1.54, 1.807) is 14.0 Å². The van der Waals surface area contributed by atoms with Gasteiger partial charge in [-0.2, -0.15) is 9.37 Å². The Morgan fingerprint density at radius 3 is 2.67 bits per heavy atom. The highest BCUT2D eigenvalue weighted by Gasteiger charge is 2.07. The Balaban J connectivity index is 3.33. The van der Waals surface area contributed by atoms with Crippen molar-refractivity contribution < 1.29 is 4.39 Å². The van der Waals surface area contributed by atoms with Gasteiger partial charge in [0, 0.05) is 7.05 Å². The summed E-state index contributed by atoms with van der Waals surface area (Å²) in [4.78, 5) is 10.7. The Kier molecular flexibility index (Phi) is 2.32. The van der Waals surface area contributed by atoms with Crippen molar-refractivity contribution in [1.82, 2.24) is 9.97 Å². The van der Waals surface area contributed by atoms with Gasteiger partial charge in [-0.1, -0.05) is 0 Å². The van der Waals surface area contributed by atoms with Crippen LogP contribution in [0.15, 0.2) is 4.99 Å². The van der Waals surface area contributed by atoms with Gasteiger partial charge in [-0.25, -0.2) is 4.98 Å². The summed E-state index contributed by atoms with van der Waals surface area (Å²) in [5.74, 6) is 0.356. The van der Waals surface area contributed by atoms with Crippen LogP contribution in [0.3, 0.4) is 0 Å². The van der Waals surface area contributed by atoms with Gasteiger partial charge >= 0.3 is 6.08 Å². The molecule has 1 aromatic heterocycles. The van der Waals surface area contributed by atoms with Gasteiger partial charge < -0.3 is 5.32 Å². The lowest BCUT2D eigenvalue weighted by molar-refractivity contribution is 0.537. The van der Waals surface area contributed by atoms with E-state index < -0.39 is 6.08 Å². The van der Waals surface area contributed by atoms with E-state index in [9.17, 15) is 4.39 Å². The van der Waals surface area contributed by atoms with E-state index in [1.165, 1.54) is 0 Å². The molecular weight excluding hydrogens is 159 g/mol. The van der Waals surface area contributed by atoms with Crippen molar-refractivity contribution in [1.29, 1.82) is 0 Å². The molecule has 0 unspecified atom stereocenters. The minimum atomic E-state index is -0.760. The molecule has 1 rings (SSSR count). The fourth-order valence-electron chi connectivity index (χ4n) is 0.896. The third-order valence-corrected chi connectivity index (χ3v) is 1.43. The second-order valence-corrected chi connectivity index (χ2v) is 2.18. The molecule has 0 aliphatic rings. The molecule has 0 radical (unpaired) electrons. The molecule has 0 aliphatic carbocycles. The average molecular weight is 168 g/mol. The number of halogens is 1. The monoisotopic (exact) mass is 168 g/mol. The van der Waals surface area contributed by atoms with Gasteiger partial charge in [0.1, 0.15) is 5.69 Å². The summed E-state index contributed by atoms with van der Waals surface area (Å²) in [6.07, 6.45) is -0.760. The number of anilines is 1. The number of aliphatic imine (C=N–C) groups is 1. The molecular formula is C7H9FN4. The molecule has 0 fully saturated rings. The summed E-state index contributed by atoms with van der Waals surface area (Å²) < 4.78 is 12.6. The van der Waals surface area contributed by atoms with Crippen LogP contribution in [0.25, 0.3) is 0 Å². The van der Waals surface area contributed by atoms with Crippen LogP contribution in [-0.2, 0) is 0 Å². The number of nitrogens with one attached hydrogen (secondary N) is 1. The minimum Gasteiger partial charge on any atom is -0.371 e. The highest BCUT2D eigenvalue weighted by atomic mass is 19.1. The molecule has 0 spiro atoms. The van der Waals surface area contributed by atoms with Crippen molar-refractivity contribution >= 4 is 18.2 Å². The molecule has 5 heteroatoms. The summed E-state index contributed by atoms with van der Waals surface area (Å²) in [6.45, 7) is 4.99. The Bertz CT molecular complexity index is 311. The molecule has 0 aliphatic heterocycles. The second-order valence-electron chi connectivity index (χ2n) is 2.18. The molecule has 0 aromatic carbocycles. The highest BCUT2D eigenvalue weighted by Crippen LogP contribution is 2.24. The van der Waals surface area contributed by atoms with Crippen LogP contribution in [-0.4, -0.2) is 23.7 Å². The molecule has 1 heterocycles. The van der Waals surface area contributed by atoms with Gasteiger partial charge in [0.25, 0.3) is 0 Å². The first kappa shape index (κ1) is 8.58. The molecule has 0 saturated carbocycles. The van der Waals surface area contributed by atoms with Crippen LogP contribution in [0.5, 0.6) is 0 Å². The zero-order valence-corrected chi connectivity index (χ0v) is 6.93. The van der Waals surface area contributed by atoms with Gasteiger partial charge in [0.05, 0.1) is 5.69 Å². The maximum atomic E-state index is 12.6. The Labute approximate surface area is 69.6 Å². The summed E-state index contributed by atoms with van der Waals surface area (Å²) in [7, 11) is 1.63. The van der Waals surface area contributed by atoms with Gasteiger partial charge in [-0.3, -0.25) is 4.99 Å². The Morgan fingerprint density at radius 2 is 2.17 bits per heavy atom. The third kappa shape index (κ3) is 1.39. The largest absolute Gasteiger partial charge is 0.371 e. The lowest BCUT2D eigenvalue weighted by Crippen LogP contribution is -2.00. The second kappa shape index (κ2) is 3.25. The lowest BCUT2D eigenvalue weighted by atomic mass is 10.3. The third-order valence-electron chi connectivity index (χ3n) is 1.43. The molecule has 1 aromatic rings. The van der Waals surface area contributed by atoms with Crippen LogP contribution in [0.2, 0.25) is 0 Å². The fraction of sp³-hybridized carbons (Fsp3) is 0.286. The fourth-order valence-corrected chi connectivity index (χ4v) is 0.896. The number of nitrogens with zero attached hydrogens (tertiary/aromatic N) is 3. The van der Waals surface area contributed by atoms with Crippen LogP contribution in [0.1, 0.15) is 5.69 Å². The van der Waals surface area contributed by atoms with E-state index in [1.807, 2.05) is 0 Å². The predicted molar refractivity (Wildman–Crippen MR) is 45.5 cm³/mol. The van der Waals surface area contributed by atoms with Crippen LogP contribution < -0.4 is 5.32 Å². The normalized spacial score (nSPS) is 9.58. The van der Waals surface area contributed by atoms with Crippen molar-refractivity contribution in [3.63, 3.8) is 0 Å². The summed E-state index contributed by atoms with van der Waals surface area (Å²) in [5.41, 5.74) is 0.959. The van der Waals surface area contributed by atoms with E-state index in [-0.39, 0.29) is 0 Å². The predicted octanol–water partition coefficient (Wildman–Crippen LogP) is 1.30. The first-order valence-corrected chi connectivity index (χ1v) is 3.37. The van der Waals surface area contributed by atoms with Crippen molar-refractivity contribution in [2.75, 3.05) is 12.4 Å². The minimum absolute atomic E-state index is 0.356. The molecule has 1 N–H and O–H groups in total. The standard InChI is InChI=1S/C7H9FN4/c1-4-5(9-2)6(10-3)12-7(8)11-4/h2H2,1,3H3,(H,10,11,12). The average Bonchev–Trinajstić information content (AvgIpc) is 2.03. The van der Waals surface area contributed by atoms with E-state index in [4.69, 9.17) is 0 Å². The summed E-state index contributed by atoms with van der Waals surface area (Å²) in [5, 5.41) is 2.70. The van der Waals surface area contributed by atoms with Gasteiger partial charge in [0.15, 0.2) is 5.82 Å². The van der Waals surface area contributed by atoms with Crippen LogP contribution in [0, 0.1) is 13.0 Å². The van der Waals surface area contributed by atoms with Gasteiger partial charge in [0.2, 0.25) is 0 Å². The molecule has 64 valence electrons. The summed E-state index contributed by atoms with van der Waals surface area (Å²) >= 11 is 0. The SMILES string of the molecule is C=Nc1c(C)nc(F)nc1NC. The maximum Gasteiger partial charge on any atom is 0.310 e. The van der Waals surface area contributed by atoms with E-state index in [2.05, 4.69) is 27.0 Å². The highest BCUT2D eigenvalue weighted by molar-refractivity contribution is 5.64. The number of aromatic nitrogens is 2. The van der Waals surface area contributed by atoms with Gasteiger partial charge in [-0.15, -0.1) is 0 Å². The van der Waals surface area contributed by atoms with Crippen LogP contribution in [0.4, 0.5) is 15.9 Å². The quantitative estimate of drug-likeness (QED) is 0.534. The number of aryl methyl sites for hydroxylation is 1. The molecule has 0 saturated heterocycles. The zero-order chi connectivity index (χ0) is 9.14. The van der Waals surface area contributed by atoms with Crippen molar-refractivity contribution in [2.45, 2.75) is 6.92 Å². The molecule has 0 bridgehead atoms. The molecule has 4 nitrogen and oxygen atoms in total. The first-order chi connectivity index (χ1) is 5.69. The molecule has 0 atom stereocenters. The van der Waals surface area contributed by atoms with E-state index in [0.717, 1.165) is 0 Å². The van der Waals surface area contributed by atoms with Gasteiger partial charge in [-0.05, 0) is 13.6 Å².